The van der Waals surface area contributed by atoms with E-state index in [4.69, 9.17) is 15.5 Å². The highest BCUT2D eigenvalue weighted by Gasteiger charge is 2.53. The SMILES string of the molecule is CC(C)(C)O[Si]1(Cl)[C@H](c2ccccc2)C=C[C@H]1c1ccccc1. The summed E-state index contributed by atoms with van der Waals surface area (Å²) in [7, 11) is -2.60. The van der Waals surface area contributed by atoms with Gasteiger partial charge < -0.3 is 4.43 Å². The molecular weight excluding hydrogens is 320 g/mol. The van der Waals surface area contributed by atoms with Crippen LogP contribution in [-0.2, 0) is 4.43 Å². The number of hydrogen-bond acceptors (Lipinski definition) is 1. The van der Waals surface area contributed by atoms with Gasteiger partial charge in [-0.2, -0.15) is 0 Å². The first kappa shape index (κ1) is 16.5. The lowest BCUT2D eigenvalue weighted by Crippen LogP contribution is -2.47. The van der Waals surface area contributed by atoms with Crippen molar-refractivity contribution in [1.82, 2.24) is 0 Å². The maximum Gasteiger partial charge on any atom is 0.312 e. The Morgan fingerprint density at radius 1 is 0.783 bits per heavy atom. The monoisotopic (exact) mass is 342 g/mol. The van der Waals surface area contributed by atoms with E-state index in [1.165, 1.54) is 11.1 Å². The molecule has 2 aromatic carbocycles. The third-order valence-corrected chi connectivity index (χ3v) is 9.44. The zero-order chi connectivity index (χ0) is 16.5. The van der Waals surface area contributed by atoms with Gasteiger partial charge in [0.1, 0.15) is 0 Å². The number of benzene rings is 2. The highest BCUT2D eigenvalue weighted by atomic mass is 35.6. The van der Waals surface area contributed by atoms with Gasteiger partial charge in [0.25, 0.3) is 0 Å². The zero-order valence-electron chi connectivity index (χ0n) is 13.9. The van der Waals surface area contributed by atoms with Gasteiger partial charge in [-0.25, -0.2) is 0 Å². The first-order valence-electron chi connectivity index (χ1n) is 8.07. The number of halogens is 1. The van der Waals surface area contributed by atoms with Crippen LogP contribution in [0.25, 0.3) is 0 Å². The molecule has 120 valence electrons. The van der Waals surface area contributed by atoms with Gasteiger partial charge in [-0.15, -0.1) is 11.1 Å². The van der Waals surface area contributed by atoms with Gasteiger partial charge in [0.05, 0.1) is 0 Å². The second-order valence-electron chi connectivity index (χ2n) is 7.07. The van der Waals surface area contributed by atoms with E-state index < -0.39 is 7.63 Å². The predicted molar refractivity (Wildman–Crippen MR) is 100.0 cm³/mol. The second kappa shape index (κ2) is 6.27. The minimum absolute atomic E-state index is 0.162. The quantitative estimate of drug-likeness (QED) is 0.395. The predicted octanol–water partition coefficient (Wildman–Crippen LogP) is 5.70. The minimum Gasteiger partial charge on any atom is -0.397 e. The Hall–Kier alpha value is -1.35. The topological polar surface area (TPSA) is 9.23 Å². The zero-order valence-corrected chi connectivity index (χ0v) is 15.6. The van der Waals surface area contributed by atoms with Gasteiger partial charge in [-0.1, -0.05) is 72.8 Å². The third-order valence-electron chi connectivity index (χ3n) is 4.12. The molecule has 2 aromatic rings. The molecule has 3 heteroatoms. The van der Waals surface area contributed by atoms with E-state index in [0.29, 0.717) is 0 Å². The summed E-state index contributed by atoms with van der Waals surface area (Å²) in [5, 5.41) is 0. The van der Waals surface area contributed by atoms with E-state index in [1.54, 1.807) is 0 Å². The molecule has 2 atom stereocenters. The van der Waals surface area contributed by atoms with E-state index >= 15 is 0 Å². The third kappa shape index (κ3) is 3.45. The summed E-state index contributed by atoms with van der Waals surface area (Å²) in [6.07, 6.45) is 4.50. The maximum absolute atomic E-state index is 7.31. The van der Waals surface area contributed by atoms with Crippen LogP contribution >= 0.6 is 11.1 Å². The fourth-order valence-electron chi connectivity index (χ4n) is 3.27. The van der Waals surface area contributed by atoms with Crippen LogP contribution in [0.15, 0.2) is 72.8 Å². The van der Waals surface area contributed by atoms with Crippen molar-refractivity contribution >= 4 is 18.7 Å². The average molecular weight is 343 g/mol. The molecule has 3 rings (SSSR count). The Morgan fingerprint density at radius 2 is 1.17 bits per heavy atom. The van der Waals surface area contributed by atoms with Gasteiger partial charge >= 0.3 is 7.63 Å². The standard InChI is InChI=1S/C20H23ClOSi/c1-20(2,3)22-23(21)18(16-10-6-4-7-11-16)14-15-19(23)17-12-8-5-9-13-17/h4-15,18-19H,1-3H3/t18-,19-/m0/s1. The fraction of sp³-hybridized carbons (Fsp3) is 0.300. The summed E-state index contributed by atoms with van der Waals surface area (Å²) < 4.78 is 6.56. The van der Waals surface area contributed by atoms with E-state index in [2.05, 4.69) is 81.5 Å². The molecule has 0 amide bonds. The highest BCUT2D eigenvalue weighted by molar-refractivity contribution is 7.18. The summed E-state index contributed by atoms with van der Waals surface area (Å²) in [6.45, 7) is 6.27. The van der Waals surface area contributed by atoms with Gasteiger partial charge in [0.15, 0.2) is 0 Å². The molecule has 0 aromatic heterocycles. The van der Waals surface area contributed by atoms with Crippen molar-refractivity contribution in [3.63, 3.8) is 0 Å². The molecule has 0 bridgehead atoms. The van der Waals surface area contributed by atoms with Crippen molar-refractivity contribution in [3.05, 3.63) is 83.9 Å². The largest absolute Gasteiger partial charge is 0.397 e. The molecule has 0 radical (unpaired) electrons. The molecule has 0 saturated carbocycles. The van der Waals surface area contributed by atoms with Crippen molar-refractivity contribution in [2.24, 2.45) is 0 Å². The van der Waals surface area contributed by atoms with Crippen LogP contribution in [0.5, 0.6) is 0 Å². The van der Waals surface area contributed by atoms with Gasteiger partial charge in [-0.3, -0.25) is 0 Å². The van der Waals surface area contributed by atoms with Crippen molar-refractivity contribution in [1.29, 1.82) is 0 Å². The molecule has 1 aliphatic rings. The normalized spacial score (nSPS) is 23.1. The highest BCUT2D eigenvalue weighted by Crippen LogP contribution is 2.49. The maximum atomic E-state index is 7.31. The van der Waals surface area contributed by atoms with Gasteiger partial charge in [0, 0.05) is 16.7 Å². The Labute approximate surface area is 144 Å². The Morgan fingerprint density at radius 3 is 1.52 bits per heavy atom. The van der Waals surface area contributed by atoms with Crippen LogP contribution in [0.1, 0.15) is 43.0 Å². The van der Waals surface area contributed by atoms with Crippen molar-refractivity contribution in [3.8, 4) is 0 Å². The molecular formula is C20H23ClOSi. The Balaban J connectivity index is 2.03. The van der Waals surface area contributed by atoms with E-state index in [-0.39, 0.29) is 16.7 Å². The Kier molecular flexibility index (Phi) is 4.50. The molecule has 0 unspecified atom stereocenters. The average Bonchev–Trinajstić information content (AvgIpc) is 2.83. The summed E-state index contributed by atoms with van der Waals surface area (Å²) in [6, 6.07) is 21.0. The van der Waals surface area contributed by atoms with Gasteiger partial charge in [-0.05, 0) is 31.9 Å². The lowest BCUT2D eigenvalue weighted by molar-refractivity contribution is 0.120. The smallest absolute Gasteiger partial charge is 0.312 e. The lowest BCUT2D eigenvalue weighted by Gasteiger charge is -2.38. The van der Waals surface area contributed by atoms with Gasteiger partial charge in [0.2, 0.25) is 0 Å². The molecule has 0 N–H and O–H groups in total. The lowest BCUT2D eigenvalue weighted by atomic mass is 10.1. The second-order valence-corrected chi connectivity index (χ2v) is 11.7. The van der Waals surface area contributed by atoms with Crippen molar-refractivity contribution in [2.75, 3.05) is 0 Å². The van der Waals surface area contributed by atoms with Crippen LogP contribution in [0.3, 0.4) is 0 Å². The van der Waals surface area contributed by atoms with Crippen LogP contribution in [0.4, 0.5) is 0 Å². The van der Waals surface area contributed by atoms with E-state index in [0.717, 1.165) is 0 Å². The summed E-state index contributed by atoms with van der Waals surface area (Å²) in [5.74, 6) is 0. The molecule has 0 fully saturated rings. The molecule has 23 heavy (non-hydrogen) atoms. The molecule has 0 spiro atoms. The van der Waals surface area contributed by atoms with Crippen LogP contribution in [-0.4, -0.2) is 13.2 Å². The Bertz CT molecular complexity index is 626. The minimum atomic E-state index is -2.60. The van der Waals surface area contributed by atoms with Crippen LogP contribution < -0.4 is 0 Å². The first-order chi connectivity index (χ1) is 10.9. The molecule has 1 aliphatic heterocycles. The van der Waals surface area contributed by atoms with Crippen LogP contribution in [0, 0.1) is 0 Å². The molecule has 1 nitrogen and oxygen atoms in total. The molecule has 0 aliphatic carbocycles. The van der Waals surface area contributed by atoms with Crippen molar-refractivity contribution < 1.29 is 4.43 Å². The number of rotatable bonds is 3. The van der Waals surface area contributed by atoms with Crippen molar-refractivity contribution in [2.45, 2.75) is 37.5 Å². The summed E-state index contributed by atoms with van der Waals surface area (Å²) >= 11 is 7.31. The fourth-order valence-corrected chi connectivity index (χ4v) is 8.78. The number of allylic oxidation sites excluding steroid dienone is 2. The first-order valence-corrected chi connectivity index (χ1v) is 11.1. The van der Waals surface area contributed by atoms with E-state index in [9.17, 15) is 0 Å². The summed E-state index contributed by atoms with van der Waals surface area (Å²) in [5.41, 5.74) is 2.55. The molecule has 1 heterocycles. The number of hydrogen-bond donors (Lipinski definition) is 0. The van der Waals surface area contributed by atoms with E-state index in [1.807, 2.05) is 12.1 Å². The van der Waals surface area contributed by atoms with Crippen LogP contribution in [0.2, 0.25) is 0 Å². The molecule has 0 saturated heterocycles. The summed E-state index contributed by atoms with van der Waals surface area (Å²) in [4.78, 5) is 0.